The number of rotatable bonds is 5. The molecular weight excluding hydrogens is 264 g/mol. The fraction of sp³-hybridized carbons (Fsp3) is 0.235. The zero-order valence-corrected chi connectivity index (χ0v) is 12.3. The molecule has 4 heteroatoms. The topological polar surface area (TPSA) is 64.3 Å². The van der Waals surface area contributed by atoms with Crippen LogP contribution in [-0.4, -0.2) is 12.0 Å². The van der Waals surface area contributed by atoms with Gasteiger partial charge in [0.15, 0.2) is 0 Å². The number of benzene rings is 2. The molecule has 0 fully saturated rings. The maximum atomic E-state index is 12.0. The number of carbonyl (C=O) groups excluding carboxylic acids is 1. The monoisotopic (exact) mass is 284 g/mol. The molecule has 0 aliphatic rings. The number of ether oxygens (including phenoxy) is 1. The fourth-order valence-corrected chi connectivity index (χ4v) is 1.98. The zero-order valence-electron chi connectivity index (χ0n) is 12.3. The molecule has 4 nitrogen and oxygen atoms in total. The summed E-state index contributed by atoms with van der Waals surface area (Å²) in [6, 6.07) is 14.7. The third-order valence-electron chi connectivity index (χ3n) is 2.83. The first-order chi connectivity index (χ1) is 10.0. The summed E-state index contributed by atoms with van der Waals surface area (Å²) in [6.07, 6.45) is 0.434. The summed E-state index contributed by atoms with van der Waals surface area (Å²) in [6.45, 7) is 3.95. The van der Waals surface area contributed by atoms with E-state index in [2.05, 4.69) is 5.32 Å². The summed E-state index contributed by atoms with van der Waals surface area (Å²) in [4.78, 5) is 12.0. The van der Waals surface area contributed by atoms with Gasteiger partial charge < -0.3 is 15.8 Å². The second kappa shape index (κ2) is 6.79. The van der Waals surface area contributed by atoms with Crippen molar-refractivity contribution in [3.8, 4) is 5.75 Å². The molecule has 2 aromatic rings. The van der Waals surface area contributed by atoms with E-state index in [-0.39, 0.29) is 12.0 Å². The van der Waals surface area contributed by atoms with Crippen molar-refractivity contribution in [2.75, 3.05) is 11.1 Å². The van der Waals surface area contributed by atoms with Gasteiger partial charge in [-0.1, -0.05) is 12.1 Å². The summed E-state index contributed by atoms with van der Waals surface area (Å²) in [5.74, 6) is 0.719. The first kappa shape index (κ1) is 14.9. The van der Waals surface area contributed by atoms with Gasteiger partial charge in [-0.25, -0.2) is 0 Å². The van der Waals surface area contributed by atoms with Crippen molar-refractivity contribution in [2.24, 2.45) is 0 Å². The van der Waals surface area contributed by atoms with E-state index < -0.39 is 0 Å². The second-order valence-corrected chi connectivity index (χ2v) is 5.16. The third-order valence-corrected chi connectivity index (χ3v) is 2.83. The Kier molecular flexibility index (Phi) is 4.82. The van der Waals surface area contributed by atoms with Gasteiger partial charge in [-0.3, -0.25) is 4.79 Å². The van der Waals surface area contributed by atoms with Crippen LogP contribution >= 0.6 is 0 Å². The molecule has 0 aliphatic heterocycles. The standard InChI is InChI=1S/C17H20N2O2/c1-12(2)21-16-8-6-15(7-9-16)19-17(20)11-13-4-3-5-14(18)10-13/h3-10,12H,11,18H2,1-2H3,(H,19,20). The Balaban J connectivity index is 1.93. The fourth-order valence-electron chi connectivity index (χ4n) is 1.98. The van der Waals surface area contributed by atoms with Crippen LogP contribution in [0, 0.1) is 0 Å². The Morgan fingerprint density at radius 2 is 1.90 bits per heavy atom. The molecule has 0 saturated heterocycles. The molecular formula is C17H20N2O2. The highest BCUT2D eigenvalue weighted by molar-refractivity contribution is 5.92. The third kappa shape index (κ3) is 4.84. The van der Waals surface area contributed by atoms with Gasteiger partial charge in [0, 0.05) is 11.4 Å². The Hall–Kier alpha value is -2.49. The average Bonchev–Trinajstić information content (AvgIpc) is 2.40. The van der Waals surface area contributed by atoms with Crippen molar-refractivity contribution < 1.29 is 9.53 Å². The maximum absolute atomic E-state index is 12.0. The molecule has 0 aliphatic carbocycles. The number of hydrogen-bond donors (Lipinski definition) is 2. The Labute approximate surface area is 124 Å². The van der Waals surface area contributed by atoms with Gasteiger partial charge in [-0.15, -0.1) is 0 Å². The van der Waals surface area contributed by atoms with Gasteiger partial charge in [-0.05, 0) is 55.8 Å². The van der Waals surface area contributed by atoms with Crippen LogP contribution in [0.25, 0.3) is 0 Å². The largest absolute Gasteiger partial charge is 0.491 e. The van der Waals surface area contributed by atoms with Crippen molar-refractivity contribution in [1.82, 2.24) is 0 Å². The molecule has 3 N–H and O–H groups in total. The smallest absolute Gasteiger partial charge is 0.228 e. The van der Waals surface area contributed by atoms with Gasteiger partial charge in [0.25, 0.3) is 0 Å². The van der Waals surface area contributed by atoms with Crippen molar-refractivity contribution in [1.29, 1.82) is 0 Å². The van der Waals surface area contributed by atoms with E-state index in [1.807, 2.05) is 50.2 Å². The number of amides is 1. The SMILES string of the molecule is CC(C)Oc1ccc(NC(=O)Cc2cccc(N)c2)cc1. The minimum atomic E-state index is -0.0712. The molecule has 1 amide bonds. The lowest BCUT2D eigenvalue weighted by atomic mass is 10.1. The Bertz CT molecular complexity index is 606. The van der Waals surface area contributed by atoms with E-state index in [1.54, 1.807) is 12.1 Å². The lowest BCUT2D eigenvalue weighted by molar-refractivity contribution is -0.115. The summed E-state index contributed by atoms with van der Waals surface area (Å²) in [5.41, 5.74) is 8.01. The zero-order chi connectivity index (χ0) is 15.2. The lowest BCUT2D eigenvalue weighted by Crippen LogP contribution is -2.14. The van der Waals surface area contributed by atoms with Crippen molar-refractivity contribution in [3.05, 3.63) is 54.1 Å². The second-order valence-electron chi connectivity index (χ2n) is 5.16. The number of nitrogens with two attached hydrogens (primary N) is 1. The van der Waals surface area contributed by atoms with E-state index in [9.17, 15) is 4.79 Å². The molecule has 2 rings (SSSR count). The molecule has 0 radical (unpaired) electrons. The van der Waals surface area contributed by atoms with Gasteiger partial charge >= 0.3 is 0 Å². The number of nitrogen functional groups attached to an aromatic ring is 1. The highest BCUT2D eigenvalue weighted by Gasteiger charge is 2.05. The van der Waals surface area contributed by atoms with E-state index in [4.69, 9.17) is 10.5 Å². The predicted octanol–water partition coefficient (Wildman–Crippen LogP) is 3.24. The van der Waals surface area contributed by atoms with Crippen LogP contribution in [0.5, 0.6) is 5.75 Å². The minimum Gasteiger partial charge on any atom is -0.491 e. The van der Waals surface area contributed by atoms with Crippen LogP contribution < -0.4 is 15.8 Å². The molecule has 0 saturated carbocycles. The maximum Gasteiger partial charge on any atom is 0.228 e. The van der Waals surface area contributed by atoms with Crippen LogP contribution in [0.4, 0.5) is 11.4 Å². The summed E-state index contributed by atoms with van der Waals surface area (Å²) in [5, 5.41) is 2.86. The number of carbonyl (C=O) groups is 1. The summed E-state index contributed by atoms with van der Waals surface area (Å²) >= 11 is 0. The molecule has 0 aromatic heterocycles. The van der Waals surface area contributed by atoms with Crippen LogP contribution in [0.1, 0.15) is 19.4 Å². The van der Waals surface area contributed by atoms with E-state index in [0.717, 1.165) is 17.0 Å². The molecule has 0 unspecified atom stereocenters. The molecule has 110 valence electrons. The van der Waals surface area contributed by atoms with Gasteiger partial charge in [0.2, 0.25) is 5.91 Å². The van der Waals surface area contributed by atoms with Crippen LogP contribution in [0.2, 0.25) is 0 Å². The van der Waals surface area contributed by atoms with E-state index in [1.165, 1.54) is 0 Å². The van der Waals surface area contributed by atoms with E-state index in [0.29, 0.717) is 12.1 Å². The normalized spacial score (nSPS) is 10.4. The summed E-state index contributed by atoms with van der Waals surface area (Å²) in [7, 11) is 0. The molecule has 2 aromatic carbocycles. The number of nitrogens with one attached hydrogen (secondary N) is 1. The average molecular weight is 284 g/mol. The predicted molar refractivity (Wildman–Crippen MR) is 85.4 cm³/mol. The van der Waals surface area contributed by atoms with Crippen molar-refractivity contribution in [3.63, 3.8) is 0 Å². The summed E-state index contributed by atoms with van der Waals surface area (Å²) < 4.78 is 5.56. The molecule has 0 atom stereocenters. The first-order valence-corrected chi connectivity index (χ1v) is 6.94. The quantitative estimate of drug-likeness (QED) is 0.828. The molecule has 0 bridgehead atoms. The van der Waals surface area contributed by atoms with Crippen molar-refractivity contribution >= 4 is 17.3 Å². The van der Waals surface area contributed by atoms with Crippen LogP contribution in [0.3, 0.4) is 0 Å². The van der Waals surface area contributed by atoms with Crippen molar-refractivity contribution in [2.45, 2.75) is 26.4 Å². The number of anilines is 2. The highest BCUT2D eigenvalue weighted by atomic mass is 16.5. The molecule has 0 heterocycles. The highest BCUT2D eigenvalue weighted by Crippen LogP contribution is 2.17. The van der Waals surface area contributed by atoms with Crippen LogP contribution in [0.15, 0.2) is 48.5 Å². The minimum absolute atomic E-state index is 0.0712. The Morgan fingerprint density at radius 3 is 2.52 bits per heavy atom. The first-order valence-electron chi connectivity index (χ1n) is 6.94. The Morgan fingerprint density at radius 1 is 1.19 bits per heavy atom. The number of hydrogen-bond acceptors (Lipinski definition) is 3. The van der Waals surface area contributed by atoms with Gasteiger partial charge in [-0.2, -0.15) is 0 Å². The lowest BCUT2D eigenvalue weighted by Gasteiger charge is -2.10. The van der Waals surface area contributed by atoms with Gasteiger partial charge in [0.1, 0.15) is 5.75 Å². The van der Waals surface area contributed by atoms with E-state index >= 15 is 0 Å². The van der Waals surface area contributed by atoms with Gasteiger partial charge in [0.05, 0.1) is 12.5 Å². The van der Waals surface area contributed by atoms with Crippen LogP contribution in [-0.2, 0) is 11.2 Å². The molecule has 21 heavy (non-hydrogen) atoms. The molecule has 0 spiro atoms.